The van der Waals surface area contributed by atoms with Crippen LogP contribution in [0.5, 0.6) is 0 Å². The van der Waals surface area contributed by atoms with E-state index in [2.05, 4.69) is 26.1 Å². The molecule has 0 radical (unpaired) electrons. The molecule has 0 amide bonds. The van der Waals surface area contributed by atoms with Crippen molar-refractivity contribution in [1.82, 2.24) is 5.32 Å². The Morgan fingerprint density at radius 2 is 1.74 bits per heavy atom. The lowest BCUT2D eigenvalue weighted by Crippen LogP contribution is -2.43. The second kappa shape index (κ2) is 5.76. The molecule has 19 heavy (non-hydrogen) atoms. The van der Waals surface area contributed by atoms with Crippen LogP contribution in [0.25, 0.3) is 0 Å². The minimum Gasteiger partial charge on any atom is -0.311 e. The predicted octanol–water partition coefficient (Wildman–Crippen LogP) is 4.62. The molecule has 0 aromatic rings. The van der Waals surface area contributed by atoms with Gasteiger partial charge in [0.2, 0.25) is 0 Å². The van der Waals surface area contributed by atoms with Gasteiger partial charge in [0.15, 0.2) is 0 Å². The highest BCUT2D eigenvalue weighted by molar-refractivity contribution is 5.05. The van der Waals surface area contributed by atoms with Crippen LogP contribution < -0.4 is 5.32 Å². The van der Waals surface area contributed by atoms with Gasteiger partial charge in [0.1, 0.15) is 0 Å². The Kier molecular flexibility index (Phi) is 4.22. The molecule has 3 aliphatic carbocycles. The van der Waals surface area contributed by atoms with Gasteiger partial charge < -0.3 is 5.32 Å². The van der Waals surface area contributed by atoms with E-state index < -0.39 is 0 Å². The Balaban J connectivity index is 1.44. The first-order valence-electron chi connectivity index (χ1n) is 8.91. The Morgan fingerprint density at radius 1 is 0.947 bits per heavy atom. The van der Waals surface area contributed by atoms with Crippen LogP contribution in [0.2, 0.25) is 0 Å². The smallest absolute Gasteiger partial charge is 0.0103 e. The van der Waals surface area contributed by atoms with Crippen LogP contribution in [-0.4, -0.2) is 12.1 Å². The van der Waals surface area contributed by atoms with Crippen LogP contribution in [0.4, 0.5) is 0 Å². The standard InChI is InChI=1S/C18H33N/c1-12(2)6-4-7-13(3)19-18-11-14-10-17(18)16-9-5-8-15(14)16/h12-19H,4-11H2,1-3H3. The molecule has 0 aromatic heterocycles. The van der Waals surface area contributed by atoms with E-state index in [0.717, 1.165) is 41.7 Å². The van der Waals surface area contributed by atoms with Gasteiger partial charge in [0.25, 0.3) is 0 Å². The lowest BCUT2D eigenvalue weighted by molar-refractivity contribution is 0.197. The minimum absolute atomic E-state index is 0.739. The molecule has 0 aromatic carbocycles. The van der Waals surface area contributed by atoms with Gasteiger partial charge >= 0.3 is 0 Å². The maximum absolute atomic E-state index is 4.00. The summed E-state index contributed by atoms with van der Waals surface area (Å²) >= 11 is 0. The SMILES string of the molecule is CC(C)CCCC(C)NC1CC2CC1C1CCCC21. The van der Waals surface area contributed by atoms with Crippen molar-refractivity contribution in [3.8, 4) is 0 Å². The molecule has 0 aliphatic heterocycles. The third kappa shape index (κ3) is 2.86. The number of hydrogen-bond donors (Lipinski definition) is 1. The predicted molar refractivity (Wildman–Crippen MR) is 82.1 cm³/mol. The largest absolute Gasteiger partial charge is 0.311 e. The molecule has 3 aliphatic rings. The average molecular weight is 263 g/mol. The van der Waals surface area contributed by atoms with E-state index in [9.17, 15) is 0 Å². The molecule has 3 rings (SSSR count). The number of fused-ring (bicyclic) bond motifs is 5. The molecule has 0 heterocycles. The second-order valence-corrected chi connectivity index (χ2v) is 8.15. The van der Waals surface area contributed by atoms with E-state index in [-0.39, 0.29) is 0 Å². The monoisotopic (exact) mass is 263 g/mol. The average Bonchev–Trinajstić information content (AvgIpc) is 2.98. The fourth-order valence-electron chi connectivity index (χ4n) is 5.54. The summed E-state index contributed by atoms with van der Waals surface area (Å²) in [7, 11) is 0. The molecule has 1 heteroatoms. The number of nitrogens with one attached hydrogen (secondary N) is 1. The van der Waals surface area contributed by atoms with Gasteiger partial charge in [-0.05, 0) is 68.6 Å². The Hall–Kier alpha value is -0.0400. The van der Waals surface area contributed by atoms with E-state index in [1.165, 1.54) is 32.1 Å². The molecule has 2 bridgehead atoms. The summed E-state index contributed by atoms with van der Waals surface area (Å²) in [5, 5.41) is 4.00. The molecule has 0 spiro atoms. The van der Waals surface area contributed by atoms with Crippen LogP contribution in [0.3, 0.4) is 0 Å². The summed E-state index contributed by atoms with van der Waals surface area (Å²) in [6, 6.07) is 1.61. The van der Waals surface area contributed by atoms with Crippen molar-refractivity contribution in [3.63, 3.8) is 0 Å². The maximum atomic E-state index is 4.00. The van der Waals surface area contributed by atoms with Crippen molar-refractivity contribution in [1.29, 1.82) is 0 Å². The van der Waals surface area contributed by atoms with E-state index in [1.807, 2.05) is 0 Å². The highest BCUT2D eigenvalue weighted by atomic mass is 15.0. The molecule has 3 saturated carbocycles. The topological polar surface area (TPSA) is 12.0 Å². The van der Waals surface area contributed by atoms with Crippen molar-refractivity contribution in [2.75, 3.05) is 0 Å². The van der Waals surface area contributed by atoms with Crippen molar-refractivity contribution in [2.24, 2.45) is 29.6 Å². The lowest BCUT2D eigenvalue weighted by Gasteiger charge is -2.34. The first-order valence-corrected chi connectivity index (χ1v) is 8.91. The van der Waals surface area contributed by atoms with Crippen LogP contribution in [0.1, 0.15) is 72.1 Å². The van der Waals surface area contributed by atoms with E-state index >= 15 is 0 Å². The molecular weight excluding hydrogens is 230 g/mol. The fraction of sp³-hybridized carbons (Fsp3) is 1.00. The zero-order chi connectivity index (χ0) is 13.4. The van der Waals surface area contributed by atoms with Gasteiger partial charge in [-0.15, -0.1) is 0 Å². The maximum Gasteiger partial charge on any atom is 0.0103 e. The molecule has 0 saturated heterocycles. The molecular formula is C18H33N. The summed E-state index contributed by atoms with van der Waals surface area (Å²) in [5.41, 5.74) is 0. The van der Waals surface area contributed by atoms with Crippen molar-refractivity contribution in [2.45, 2.75) is 84.2 Å². The molecule has 1 nitrogen and oxygen atoms in total. The van der Waals surface area contributed by atoms with Gasteiger partial charge in [-0.1, -0.05) is 33.1 Å². The molecule has 110 valence electrons. The van der Waals surface area contributed by atoms with Crippen molar-refractivity contribution in [3.05, 3.63) is 0 Å². The summed E-state index contributed by atoms with van der Waals surface area (Å²) in [5.74, 6) is 5.26. The van der Waals surface area contributed by atoms with Gasteiger partial charge in [0.05, 0.1) is 0 Å². The van der Waals surface area contributed by atoms with E-state index in [1.54, 1.807) is 19.3 Å². The Labute approximate surface area is 119 Å². The van der Waals surface area contributed by atoms with Crippen molar-refractivity contribution < 1.29 is 0 Å². The van der Waals surface area contributed by atoms with E-state index in [0.29, 0.717) is 0 Å². The first-order chi connectivity index (χ1) is 9.15. The summed E-state index contributed by atoms with van der Waals surface area (Å²) in [6.07, 6.45) is 11.9. The van der Waals surface area contributed by atoms with Gasteiger partial charge in [0, 0.05) is 12.1 Å². The van der Waals surface area contributed by atoms with Crippen LogP contribution >= 0.6 is 0 Å². The molecule has 6 atom stereocenters. The highest BCUT2D eigenvalue weighted by Crippen LogP contribution is 2.58. The normalized spacial score (nSPS) is 42.0. The molecule has 6 unspecified atom stereocenters. The zero-order valence-corrected chi connectivity index (χ0v) is 13.2. The van der Waals surface area contributed by atoms with Crippen LogP contribution in [0.15, 0.2) is 0 Å². The van der Waals surface area contributed by atoms with E-state index in [4.69, 9.17) is 0 Å². The summed E-state index contributed by atoms with van der Waals surface area (Å²) < 4.78 is 0. The minimum atomic E-state index is 0.739. The quantitative estimate of drug-likeness (QED) is 0.737. The third-order valence-corrected chi connectivity index (χ3v) is 6.35. The van der Waals surface area contributed by atoms with Crippen LogP contribution in [-0.2, 0) is 0 Å². The van der Waals surface area contributed by atoms with Gasteiger partial charge in [-0.25, -0.2) is 0 Å². The summed E-state index contributed by atoms with van der Waals surface area (Å²) in [6.45, 7) is 7.10. The number of rotatable bonds is 6. The van der Waals surface area contributed by atoms with Crippen LogP contribution in [0, 0.1) is 29.6 Å². The third-order valence-electron chi connectivity index (χ3n) is 6.35. The first kappa shape index (κ1) is 13.9. The Bertz CT molecular complexity index is 298. The fourth-order valence-corrected chi connectivity index (χ4v) is 5.54. The van der Waals surface area contributed by atoms with Gasteiger partial charge in [-0.3, -0.25) is 0 Å². The zero-order valence-electron chi connectivity index (χ0n) is 13.2. The summed E-state index contributed by atoms with van der Waals surface area (Å²) in [4.78, 5) is 0. The lowest BCUT2D eigenvalue weighted by atomic mass is 9.79. The Morgan fingerprint density at radius 3 is 2.53 bits per heavy atom. The molecule has 1 N–H and O–H groups in total. The second-order valence-electron chi connectivity index (χ2n) is 8.15. The van der Waals surface area contributed by atoms with Crippen molar-refractivity contribution >= 4 is 0 Å². The number of hydrogen-bond acceptors (Lipinski definition) is 1. The molecule has 3 fully saturated rings. The van der Waals surface area contributed by atoms with Gasteiger partial charge in [-0.2, -0.15) is 0 Å². The highest BCUT2D eigenvalue weighted by Gasteiger charge is 2.53.